The minimum absolute atomic E-state index is 0.0992. The molecular weight excluding hydrogens is 765 g/mol. The second kappa shape index (κ2) is 16.6. The SMILES string of the molecule is CC(C)(C)OC(=O)CN(c1cccc2c(C(=O)CCc3cccc(C(=O)N4CCN(C(=O)OC(C)(C)C)CC4)c3)cccc12)S(=O)(=O)c1cc(Cl)cc(Cl)c1. The summed E-state index contributed by atoms with van der Waals surface area (Å²) in [4.78, 5) is 55.9. The summed E-state index contributed by atoms with van der Waals surface area (Å²) in [5, 5.41) is 1.12. The summed E-state index contributed by atoms with van der Waals surface area (Å²) < 4.78 is 40.3. The summed E-state index contributed by atoms with van der Waals surface area (Å²) in [6.07, 6.45) is 0.0490. The number of sulfonamides is 1. The van der Waals surface area contributed by atoms with E-state index in [1.54, 1.807) is 85.2 Å². The van der Waals surface area contributed by atoms with Crippen LogP contribution in [0, 0.1) is 0 Å². The lowest BCUT2D eigenvalue weighted by Gasteiger charge is -2.35. The van der Waals surface area contributed by atoms with E-state index in [9.17, 15) is 27.6 Å². The van der Waals surface area contributed by atoms with Gasteiger partial charge in [0.25, 0.3) is 15.9 Å². The van der Waals surface area contributed by atoms with Crippen LogP contribution in [0.15, 0.2) is 83.8 Å². The number of amides is 2. The number of esters is 1. The van der Waals surface area contributed by atoms with Gasteiger partial charge in [-0.05, 0) is 95.3 Å². The summed E-state index contributed by atoms with van der Waals surface area (Å²) in [5.74, 6) is -1.14. The fraction of sp³-hybridized carbons (Fsp3) is 0.366. The van der Waals surface area contributed by atoms with Gasteiger partial charge in [-0.15, -0.1) is 0 Å². The number of hydrogen-bond donors (Lipinski definition) is 0. The second-order valence-corrected chi connectivity index (χ2v) is 18.0. The summed E-state index contributed by atoms with van der Waals surface area (Å²) in [7, 11) is -4.43. The molecule has 4 aromatic carbocycles. The van der Waals surface area contributed by atoms with Crippen molar-refractivity contribution in [2.75, 3.05) is 37.0 Å². The smallest absolute Gasteiger partial charge is 0.410 e. The van der Waals surface area contributed by atoms with Crippen LogP contribution < -0.4 is 4.31 Å². The van der Waals surface area contributed by atoms with Crippen molar-refractivity contribution in [1.82, 2.24) is 9.80 Å². The molecule has 1 saturated heterocycles. The van der Waals surface area contributed by atoms with Crippen LogP contribution in [-0.2, 0) is 30.7 Å². The van der Waals surface area contributed by atoms with Crippen molar-refractivity contribution in [3.8, 4) is 0 Å². The molecule has 0 N–H and O–H groups in total. The largest absolute Gasteiger partial charge is 0.459 e. The highest BCUT2D eigenvalue weighted by Gasteiger charge is 2.32. The molecule has 0 aliphatic carbocycles. The first kappa shape index (κ1) is 41.5. The Morgan fingerprint density at radius 3 is 1.95 bits per heavy atom. The number of fused-ring (bicyclic) bond motifs is 1. The highest BCUT2D eigenvalue weighted by Crippen LogP contribution is 2.35. The average molecular weight is 811 g/mol. The van der Waals surface area contributed by atoms with Crippen LogP contribution >= 0.6 is 23.2 Å². The third-order valence-electron chi connectivity index (χ3n) is 8.62. The minimum Gasteiger partial charge on any atom is -0.459 e. The van der Waals surface area contributed by atoms with Crippen LogP contribution in [0.3, 0.4) is 0 Å². The van der Waals surface area contributed by atoms with Gasteiger partial charge in [-0.2, -0.15) is 0 Å². The average Bonchev–Trinajstić information content (AvgIpc) is 3.10. The Labute approximate surface area is 332 Å². The third-order valence-corrected chi connectivity index (χ3v) is 10.8. The molecule has 0 spiro atoms. The van der Waals surface area contributed by atoms with Gasteiger partial charge in [-0.25, -0.2) is 13.2 Å². The molecular formula is C41H45Cl2N3O8S. The third kappa shape index (κ3) is 10.6. The van der Waals surface area contributed by atoms with Gasteiger partial charge >= 0.3 is 12.1 Å². The maximum absolute atomic E-state index is 14.2. The molecule has 55 heavy (non-hydrogen) atoms. The predicted molar refractivity (Wildman–Crippen MR) is 214 cm³/mol. The van der Waals surface area contributed by atoms with Gasteiger partial charge in [0.05, 0.1) is 10.6 Å². The highest BCUT2D eigenvalue weighted by atomic mass is 35.5. The number of Topliss-reactive ketones (excluding diaryl/α,β-unsaturated/α-hetero) is 1. The van der Waals surface area contributed by atoms with Crippen molar-refractivity contribution in [1.29, 1.82) is 0 Å². The number of ketones is 1. The number of aryl methyl sites for hydroxylation is 1. The van der Waals surface area contributed by atoms with E-state index < -0.39 is 39.8 Å². The van der Waals surface area contributed by atoms with E-state index in [-0.39, 0.29) is 38.7 Å². The van der Waals surface area contributed by atoms with E-state index >= 15 is 0 Å². The van der Waals surface area contributed by atoms with Crippen LogP contribution in [0.1, 0.15) is 74.2 Å². The molecule has 5 rings (SSSR count). The molecule has 4 aromatic rings. The van der Waals surface area contributed by atoms with Gasteiger partial charge in [0.15, 0.2) is 5.78 Å². The number of anilines is 1. The zero-order valence-corrected chi connectivity index (χ0v) is 34.1. The first-order chi connectivity index (χ1) is 25.7. The van der Waals surface area contributed by atoms with Crippen molar-refractivity contribution < 1.29 is 37.1 Å². The van der Waals surface area contributed by atoms with Crippen LogP contribution in [0.5, 0.6) is 0 Å². The predicted octanol–water partition coefficient (Wildman–Crippen LogP) is 8.19. The van der Waals surface area contributed by atoms with Gasteiger partial charge in [0.2, 0.25) is 0 Å². The Hall–Kier alpha value is -4.65. The van der Waals surface area contributed by atoms with Crippen LogP contribution in [0.4, 0.5) is 10.5 Å². The standard InChI is InChI=1S/C41H45Cl2N3O8S/c1-40(2,3)53-37(48)26-46(55(51,52)31-24-29(42)23-30(43)25-31)35-15-9-12-32-33(35)13-8-14-34(32)36(47)17-16-27-10-7-11-28(22-27)38(49)44-18-20-45(21-19-44)39(50)54-41(4,5)6/h7-15,22-25H,16-21,26H2,1-6H3. The van der Waals surface area contributed by atoms with E-state index in [1.807, 2.05) is 26.8 Å². The Morgan fingerprint density at radius 1 is 0.727 bits per heavy atom. The molecule has 14 heteroatoms. The molecule has 0 saturated carbocycles. The Balaban J connectivity index is 1.36. The van der Waals surface area contributed by atoms with E-state index in [0.717, 1.165) is 9.87 Å². The van der Waals surface area contributed by atoms with Crippen molar-refractivity contribution in [3.05, 3.63) is 106 Å². The molecule has 0 bridgehead atoms. The Kier molecular flexibility index (Phi) is 12.5. The number of nitrogens with zero attached hydrogens (tertiary/aromatic N) is 3. The first-order valence-electron chi connectivity index (χ1n) is 17.8. The normalized spacial score (nSPS) is 13.7. The maximum atomic E-state index is 14.2. The topological polar surface area (TPSA) is 131 Å². The molecule has 0 aromatic heterocycles. The minimum atomic E-state index is -4.43. The van der Waals surface area contributed by atoms with Crippen molar-refractivity contribution in [3.63, 3.8) is 0 Å². The number of hydrogen-bond acceptors (Lipinski definition) is 8. The molecule has 1 aliphatic heterocycles. The fourth-order valence-electron chi connectivity index (χ4n) is 6.20. The van der Waals surface area contributed by atoms with Gasteiger partial charge in [-0.1, -0.05) is 65.7 Å². The van der Waals surface area contributed by atoms with Gasteiger partial charge in [0.1, 0.15) is 17.7 Å². The Morgan fingerprint density at radius 2 is 1.31 bits per heavy atom. The second-order valence-electron chi connectivity index (χ2n) is 15.3. The van der Waals surface area contributed by atoms with Gasteiger partial charge in [-0.3, -0.25) is 18.7 Å². The molecule has 1 aliphatic rings. The van der Waals surface area contributed by atoms with E-state index in [2.05, 4.69) is 0 Å². The van der Waals surface area contributed by atoms with Gasteiger partial charge < -0.3 is 19.3 Å². The molecule has 2 amide bonds. The van der Waals surface area contributed by atoms with Crippen molar-refractivity contribution >= 4 is 73.4 Å². The number of piperazine rings is 1. The fourth-order valence-corrected chi connectivity index (χ4v) is 8.36. The van der Waals surface area contributed by atoms with E-state index in [4.69, 9.17) is 32.7 Å². The lowest BCUT2D eigenvalue weighted by atomic mass is 9.96. The Bertz CT molecular complexity index is 2200. The molecule has 11 nitrogen and oxygen atoms in total. The zero-order valence-electron chi connectivity index (χ0n) is 31.7. The molecule has 1 heterocycles. The quantitative estimate of drug-likeness (QED) is 0.116. The molecule has 1 fully saturated rings. The lowest BCUT2D eigenvalue weighted by molar-refractivity contribution is -0.152. The highest BCUT2D eigenvalue weighted by molar-refractivity contribution is 7.93. The van der Waals surface area contributed by atoms with Crippen LogP contribution in [0.25, 0.3) is 10.8 Å². The molecule has 292 valence electrons. The van der Waals surface area contributed by atoms with E-state index in [1.165, 1.54) is 18.2 Å². The number of halogens is 2. The number of carbonyl (C=O) groups excluding carboxylic acids is 4. The molecule has 0 atom stereocenters. The summed E-state index contributed by atoms with van der Waals surface area (Å²) in [5.41, 5.74) is 0.321. The van der Waals surface area contributed by atoms with Crippen LogP contribution in [-0.4, -0.2) is 85.9 Å². The van der Waals surface area contributed by atoms with Crippen LogP contribution in [0.2, 0.25) is 10.0 Å². The van der Waals surface area contributed by atoms with Crippen molar-refractivity contribution in [2.45, 2.75) is 70.5 Å². The van der Waals surface area contributed by atoms with Gasteiger partial charge in [0, 0.05) is 59.2 Å². The monoisotopic (exact) mass is 809 g/mol. The molecule has 0 unspecified atom stereocenters. The number of rotatable bonds is 10. The lowest BCUT2D eigenvalue weighted by Crippen LogP contribution is -2.51. The number of carbonyl (C=O) groups is 4. The summed E-state index contributed by atoms with van der Waals surface area (Å²) >= 11 is 12.4. The molecule has 0 radical (unpaired) electrons. The zero-order chi connectivity index (χ0) is 40.3. The number of ether oxygens (including phenoxy) is 2. The first-order valence-corrected chi connectivity index (χ1v) is 20.0. The van der Waals surface area contributed by atoms with E-state index in [0.29, 0.717) is 54.5 Å². The summed E-state index contributed by atoms with van der Waals surface area (Å²) in [6, 6.07) is 21.0. The summed E-state index contributed by atoms with van der Waals surface area (Å²) in [6.45, 7) is 11.3. The number of benzene rings is 4. The maximum Gasteiger partial charge on any atom is 0.410 e. The van der Waals surface area contributed by atoms with Crippen molar-refractivity contribution in [2.24, 2.45) is 0 Å².